The molecule has 0 bridgehead atoms. The van der Waals surface area contributed by atoms with Crippen LogP contribution in [0.15, 0.2) is 0 Å². The molecule has 2 heterocycles. The zero-order valence-electron chi connectivity index (χ0n) is 14.8. The zero-order valence-corrected chi connectivity index (χ0v) is 14.8. The molecular formula is C18H32N4O2. The molecule has 2 amide bonds. The van der Waals surface area contributed by atoms with Crippen molar-refractivity contribution < 1.29 is 9.59 Å². The molecule has 3 fully saturated rings. The maximum Gasteiger partial charge on any atom is 0.236 e. The fourth-order valence-electron chi connectivity index (χ4n) is 4.09. The second-order valence-corrected chi connectivity index (χ2v) is 7.54. The van der Waals surface area contributed by atoms with E-state index in [1.54, 1.807) is 0 Å². The third kappa shape index (κ3) is 5.18. The lowest BCUT2D eigenvalue weighted by atomic mass is 10.1. The Morgan fingerprint density at radius 3 is 1.96 bits per heavy atom. The molecule has 3 rings (SSSR count). The number of hydrogen-bond acceptors (Lipinski definition) is 4. The summed E-state index contributed by atoms with van der Waals surface area (Å²) in [5, 5.41) is 3.16. The summed E-state index contributed by atoms with van der Waals surface area (Å²) in [5.74, 6) is 0.446. The molecule has 0 aromatic carbocycles. The van der Waals surface area contributed by atoms with Gasteiger partial charge in [0.1, 0.15) is 0 Å². The van der Waals surface area contributed by atoms with Crippen molar-refractivity contribution in [2.45, 2.75) is 51.0 Å². The number of piperazine rings is 1. The molecule has 3 aliphatic rings. The Bertz CT molecular complexity index is 423. The van der Waals surface area contributed by atoms with Crippen molar-refractivity contribution >= 4 is 11.8 Å². The highest BCUT2D eigenvalue weighted by Gasteiger charge is 2.24. The van der Waals surface area contributed by atoms with Gasteiger partial charge >= 0.3 is 0 Å². The minimum Gasteiger partial charge on any atom is -0.352 e. The Balaban J connectivity index is 1.33. The first-order valence-corrected chi connectivity index (χ1v) is 9.72. The van der Waals surface area contributed by atoms with Crippen LogP contribution >= 0.6 is 0 Å². The van der Waals surface area contributed by atoms with E-state index in [0.29, 0.717) is 19.1 Å². The van der Waals surface area contributed by atoms with Crippen LogP contribution in [0.2, 0.25) is 0 Å². The molecule has 1 N–H and O–H groups in total. The average molecular weight is 336 g/mol. The van der Waals surface area contributed by atoms with Crippen molar-refractivity contribution in [1.29, 1.82) is 0 Å². The van der Waals surface area contributed by atoms with Gasteiger partial charge in [-0.1, -0.05) is 12.8 Å². The number of likely N-dealkylation sites (tertiary alicyclic amines) is 1. The molecule has 0 spiro atoms. The van der Waals surface area contributed by atoms with Crippen LogP contribution in [0.5, 0.6) is 0 Å². The summed E-state index contributed by atoms with van der Waals surface area (Å²) >= 11 is 0. The molecule has 0 radical (unpaired) electrons. The van der Waals surface area contributed by atoms with Crippen molar-refractivity contribution in [3.63, 3.8) is 0 Å². The Hall–Kier alpha value is -1.14. The van der Waals surface area contributed by atoms with Gasteiger partial charge < -0.3 is 10.2 Å². The van der Waals surface area contributed by atoms with Gasteiger partial charge in [0.25, 0.3) is 0 Å². The third-order valence-corrected chi connectivity index (χ3v) is 5.62. The van der Waals surface area contributed by atoms with E-state index in [1.165, 1.54) is 19.3 Å². The summed E-state index contributed by atoms with van der Waals surface area (Å²) in [5.41, 5.74) is 0. The van der Waals surface area contributed by atoms with Gasteiger partial charge in [-0.25, -0.2) is 0 Å². The summed E-state index contributed by atoms with van der Waals surface area (Å²) < 4.78 is 0. The molecule has 0 aromatic rings. The Morgan fingerprint density at radius 1 is 0.750 bits per heavy atom. The number of piperidine rings is 1. The van der Waals surface area contributed by atoms with Crippen molar-refractivity contribution in [2.75, 3.05) is 52.4 Å². The predicted molar refractivity (Wildman–Crippen MR) is 93.7 cm³/mol. The first-order valence-electron chi connectivity index (χ1n) is 9.72. The molecule has 24 heavy (non-hydrogen) atoms. The van der Waals surface area contributed by atoms with Gasteiger partial charge in [-0.3, -0.25) is 19.4 Å². The van der Waals surface area contributed by atoms with Crippen molar-refractivity contribution in [2.24, 2.45) is 0 Å². The first kappa shape index (κ1) is 17.7. The Morgan fingerprint density at radius 2 is 1.33 bits per heavy atom. The SMILES string of the molecule is O=C(CN1CCN(CC(=O)N2CCCCC2)CC1)NC1CCCC1. The van der Waals surface area contributed by atoms with Crippen LogP contribution in [0.1, 0.15) is 44.9 Å². The fraction of sp³-hybridized carbons (Fsp3) is 0.889. The number of rotatable bonds is 5. The van der Waals surface area contributed by atoms with E-state index < -0.39 is 0 Å². The average Bonchev–Trinajstić information content (AvgIpc) is 3.10. The normalized spacial score (nSPS) is 24.2. The number of nitrogens with zero attached hydrogens (tertiary/aromatic N) is 3. The molecule has 1 saturated carbocycles. The molecule has 6 heteroatoms. The van der Waals surface area contributed by atoms with Gasteiger partial charge in [-0.05, 0) is 32.1 Å². The first-order chi connectivity index (χ1) is 11.7. The highest BCUT2D eigenvalue weighted by molar-refractivity contribution is 5.79. The number of carbonyl (C=O) groups is 2. The zero-order chi connectivity index (χ0) is 16.8. The van der Waals surface area contributed by atoms with Crippen LogP contribution in [-0.4, -0.2) is 84.9 Å². The molecule has 1 aliphatic carbocycles. The van der Waals surface area contributed by atoms with Gasteiger partial charge in [0, 0.05) is 45.3 Å². The third-order valence-electron chi connectivity index (χ3n) is 5.62. The smallest absolute Gasteiger partial charge is 0.236 e. The molecule has 0 unspecified atom stereocenters. The molecule has 0 atom stereocenters. The number of amides is 2. The van der Waals surface area contributed by atoms with E-state index in [0.717, 1.165) is 65.0 Å². The summed E-state index contributed by atoms with van der Waals surface area (Å²) in [6, 6.07) is 0.404. The topological polar surface area (TPSA) is 55.9 Å². The molecule has 2 saturated heterocycles. The van der Waals surface area contributed by atoms with Gasteiger partial charge in [0.2, 0.25) is 11.8 Å². The van der Waals surface area contributed by atoms with Crippen LogP contribution < -0.4 is 5.32 Å². The van der Waals surface area contributed by atoms with Gasteiger partial charge in [-0.15, -0.1) is 0 Å². The minimum absolute atomic E-state index is 0.166. The summed E-state index contributed by atoms with van der Waals surface area (Å²) in [6.45, 7) is 6.44. The fourth-order valence-corrected chi connectivity index (χ4v) is 4.09. The summed E-state index contributed by atoms with van der Waals surface area (Å²) in [6.07, 6.45) is 8.32. The van der Waals surface area contributed by atoms with Gasteiger partial charge in [-0.2, -0.15) is 0 Å². The molecule has 6 nitrogen and oxygen atoms in total. The van der Waals surface area contributed by atoms with E-state index in [2.05, 4.69) is 15.1 Å². The van der Waals surface area contributed by atoms with Crippen LogP contribution in [0.25, 0.3) is 0 Å². The largest absolute Gasteiger partial charge is 0.352 e. The van der Waals surface area contributed by atoms with Gasteiger partial charge in [0.15, 0.2) is 0 Å². The van der Waals surface area contributed by atoms with Crippen LogP contribution in [0.4, 0.5) is 0 Å². The minimum atomic E-state index is 0.166. The van der Waals surface area contributed by atoms with Crippen molar-refractivity contribution in [3.8, 4) is 0 Å². The Labute approximate surface area is 145 Å². The van der Waals surface area contributed by atoms with Crippen LogP contribution in [-0.2, 0) is 9.59 Å². The second-order valence-electron chi connectivity index (χ2n) is 7.54. The molecular weight excluding hydrogens is 304 g/mol. The van der Waals surface area contributed by atoms with E-state index >= 15 is 0 Å². The summed E-state index contributed by atoms with van der Waals surface area (Å²) in [4.78, 5) is 30.9. The number of hydrogen-bond donors (Lipinski definition) is 1. The molecule has 136 valence electrons. The van der Waals surface area contributed by atoms with E-state index in [1.807, 2.05) is 4.90 Å². The monoisotopic (exact) mass is 336 g/mol. The maximum atomic E-state index is 12.3. The van der Waals surface area contributed by atoms with Crippen LogP contribution in [0.3, 0.4) is 0 Å². The predicted octanol–water partition coefficient (Wildman–Crippen LogP) is 0.675. The second kappa shape index (κ2) is 8.81. The maximum absolute atomic E-state index is 12.3. The van der Waals surface area contributed by atoms with E-state index in [-0.39, 0.29) is 11.8 Å². The number of nitrogens with one attached hydrogen (secondary N) is 1. The standard InChI is InChI=1S/C18H32N4O2/c23-17(19-16-6-2-3-7-16)14-20-10-12-21(13-11-20)15-18(24)22-8-4-1-5-9-22/h16H,1-15H2,(H,19,23). The lowest BCUT2D eigenvalue weighted by molar-refractivity contribution is -0.134. The molecule has 2 aliphatic heterocycles. The quantitative estimate of drug-likeness (QED) is 0.802. The van der Waals surface area contributed by atoms with E-state index in [4.69, 9.17) is 0 Å². The van der Waals surface area contributed by atoms with Gasteiger partial charge in [0.05, 0.1) is 13.1 Å². The molecule has 0 aromatic heterocycles. The Kier molecular flexibility index (Phi) is 6.49. The highest BCUT2D eigenvalue weighted by atomic mass is 16.2. The van der Waals surface area contributed by atoms with Crippen molar-refractivity contribution in [1.82, 2.24) is 20.0 Å². The number of carbonyl (C=O) groups excluding carboxylic acids is 2. The van der Waals surface area contributed by atoms with Crippen LogP contribution in [0, 0.1) is 0 Å². The van der Waals surface area contributed by atoms with Crippen molar-refractivity contribution in [3.05, 3.63) is 0 Å². The summed E-state index contributed by atoms with van der Waals surface area (Å²) in [7, 11) is 0. The highest BCUT2D eigenvalue weighted by Crippen LogP contribution is 2.17. The lowest BCUT2D eigenvalue weighted by Gasteiger charge is -2.35. The van der Waals surface area contributed by atoms with E-state index in [9.17, 15) is 9.59 Å². The lowest BCUT2D eigenvalue weighted by Crippen LogP contribution is -2.52.